The molecule has 2 aromatic carbocycles. The molecule has 0 aliphatic rings. The van der Waals surface area contributed by atoms with Gasteiger partial charge in [0, 0.05) is 18.3 Å². The number of rotatable bonds is 4. The third-order valence-corrected chi connectivity index (χ3v) is 4.01. The van der Waals surface area contributed by atoms with Gasteiger partial charge in [-0.25, -0.2) is 0 Å². The van der Waals surface area contributed by atoms with Crippen molar-refractivity contribution in [3.63, 3.8) is 0 Å². The maximum atomic E-state index is 12.0. The number of non-ortho nitro benzene ring substituents is 1. The Kier molecular flexibility index (Phi) is 4.13. The predicted molar refractivity (Wildman–Crippen MR) is 79.1 cm³/mol. The number of nitro groups is 1. The minimum atomic E-state index is -3.77. The molecule has 0 unspecified atom stereocenters. The number of nitrogens with zero attached hydrogens (tertiary/aromatic N) is 2. The van der Waals surface area contributed by atoms with Crippen LogP contribution in [0.25, 0.3) is 0 Å². The van der Waals surface area contributed by atoms with Gasteiger partial charge in [0.05, 0.1) is 9.82 Å². The zero-order valence-corrected chi connectivity index (χ0v) is 11.9. The van der Waals surface area contributed by atoms with Crippen molar-refractivity contribution in [2.45, 2.75) is 11.8 Å². The highest BCUT2D eigenvalue weighted by atomic mass is 32.2. The molecular formula is C14H12N2O4S. The van der Waals surface area contributed by atoms with Crippen LogP contribution in [0.5, 0.6) is 0 Å². The molecular weight excluding hydrogens is 292 g/mol. The summed E-state index contributed by atoms with van der Waals surface area (Å²) in [5.74, 6) is 0. The molecule has 6 nitrogen and oxygen atoms in total. The van der Waals surface area contributed by atoms with Crippen LogP contribution in [0.3, 0.4) is 0 Å². The summed E-state index contributed by atoms with van der Waals surface area (Å²) < 4.78 is 27.5. The van der Waals surface area contributed by atoms with Crippen molar-refractivity contribution in [2.24, 2.45) is 4.40 Å². The van der Waals surface area contributed by atoms with E-state index in [9.17, 15) is 18.5 Å². The number of aryl methyl sites for hydroxylation is 1. The molecule has 0 atom stereocenters. The van der Waals surface area contributed by atoms with Crippen molar-refractivity contribution >= 4 is 21.9 Å². The fourth-order valence-electron chi connectivity index (χ4n) is 1.58. The van der Waals surface area contributed by atoms with Crippen LogP contribution in [0.1, 0.15) is 11.1 Å². The summed E-state index contributed by atoms with van der Waals surface area (Å²) in [6, 6.07) is 11.8. The van der Waals surface area contributed by atoms with Gasteiger partial charge in [0.25, 0.3) is 15.7 Å². The number of hydrogen-bond donors (Lipinski definition) is 0. The van der Waals surface area contributed by atoms with Crippen molar-refractivity contribution in [1.82, 2.24) is 0 Å². The zero-order valence-electron chi connectivity index (χ0n) is 11.1. The number of benzene rings is 2. The molecule has 0 spiro atoms. The summed E-state index contributed by atoms with van der Waals surface area (Å²) in [5, 5.41) is 10.5. The molecule has 2 aromatic rings. The van der Waals surface area contributed by atoms with Gasteiger partial charge in [-0.2, -0.15) is 12.8 Å². The molecule has 0 fully saturated rings. The number of hydrogen-bond acceptors (Lipinski definition) is 4. The first kappa shape index (κ1) is 14.9. The van der Waals surface area contributed by atoms with E-state index in [1.54, 1.807) is 12.1 Å². The molecule has 21 heavy (non-hydrogen) atoms. The van der Waals surface area contributed by atoms with E-state index >= 15 is 0 Å². The Balaban J connectivity index is 2.23. The van der Waals surface area contributed by atoms with Gasteiger partial charge >= 0.3 is 0 Å². The molecule has 0 aliphatic heterocycles. The third-order valence-electron chi connectivity index (χ3n) is 2.76. The lowest BCUT2D eigenvalue weighted by Crippen LogP contribution is -1.98. The van der Waals surface area contributed by atoms with Gasteiger partial charge in [0.2, 0.25) is 0 Å². The topological polar surface area (TPSA) is 89.6 Å². The number of sulfonamides is 1. The van der Waals surface area contributed by atoms with E-state index in [0.29, 0.717) is 5.56 Å². The highest BCUT2D eigenvalue weighted by molar-refractivity contribution is 7.90. The second kappa shape index (κ2) is 5.84. The van der Waals surface area contributed by atoms with Crippen LogP contribution in [0, 0.1) is 17.0 Å². The molecule has 0 amide bonds. The Labute approximate surface area is 122 Å². The van der Waals surface area contributed by atoms with Crippen molar-refractivity contribution in [3.8, 4) is 0 Å². The van der Waals surface area contributed by atoms with Crippen molar-refractivity contribution in [3.05, 3.63) is 69.8 Å². The smallest absolute Gasteiger partial charge is 0.258 e. The fourth-order valence-corrected chi connectivity index (χ4v) is 2.45. The lowest BCUT2D eigenvalue weighted by Gasteiger charge is -1.99. The van der Waals surface area contributed by atoms with Crippen LogP contribution in [0.2, 0.25) is 0 Å². The Bertz CT molecular complexity index is 779. The molecule has 0 aliphatic carbocycles. The van der Waals surface area contributed by atoms with E-state index in [0.717, 1.165) is 5.56 Å². The average molecular weight is 304 g/mol. The largest absolute Gasteiger partial charge is 0.282 e. The normalized spacial score (nSPS) is 11.7. The SMILES string of the molecule is Cc1ccc(S(=O)(=O)/N=C\c2ccc([N+](=O)[O-])cc2)cc1. The molecule has 0 radical (unpaired) electrons. The summed E-state index contributed by atoms with van der Waals surface area (Å²) in [4.78, 5) is 10.1. The van der Waals surface area contributed by atoms with Crippen LogP contribution < -0.4 is 0 Å². The summed E-state index contributed by atoms with van der Waals surface area (Å²) in [6.07, 6.45) is 1.17. The lowest BCUT2D eigenvalue weighted by atomic mass is 10.2. The fraction of sp³-hybridized carbons (Fsp3) is 0.0714. The second-order valence-electron chi connectivity index (χ2n) is 4.37. The minimum absolute atomic E-state index is 0.0615. The van der Waals surface area contributed by atoms with E-state index in [-0.39, 0.29) is 10.6 Å². The summed E-state index contributed by atoms with van der Waals surface area (Å²) in [6.45, 7) is 1.86. The van der Waals surface area contributed by atoms with Gasteiger partial charge in [0.15, 0.2) is 0 Å². The highest BCUT2D eigenvalue weighted by Gasteiger charge is 2.11. The van der Waals surface area contributed by atoms with E-state index in [2.05, 4.69) is 4.40 Å². The molecule has 0 heterocycles. The Morgan fingerprint density at radius 2 is 1.62 bits per heavy atom. The second-order valence-corrected chi connectivity index (χ2v) is 6.00. The van der Waals surface area contributed by atoms with E-state index in [1.165, 1.54) is 42.6 Å². The lowest BCUT2D eigenvalue weighted by molar-refractivity contribution is -0.384. The Hall–Kier alpha value is -2.54. The Morgan fingerprint density at radius 3 is 2.14 bits per heavy atom. The quantitative estimate of drug-likeness (QED) is 0.493. The van der Waals surface area contributed by atoms with Crippen molar-refractivity contribution in [2.75, 3.05) is 0 Å². The first-order valence-electron chi connectivity index (χ1n) is 6.00. The van der Waals surface area contributed by atoms with Crippen LogP contribution in [0.4, 0.5) is 5.69 Å². The van der Waals surface area contributed by atoms with Gasteiger partial charge in [0.1, 0.15) is 0 Å². The van der Waals surface area contributed by atoms with Gasteiger partial charge in [-0.05, 0) is 36.8 Å². The first-order valence-corrected chi connectivity index (χ1v) is 7.44. The molecule has 7 heteroatoms. The van der Waals surface area contributed by atoms with E-state index in [1.807, 2.05) is 6.92 Å². The molecule has 2 rings (SSSR count). The maximum Gasteiger partial charge on any atom is 0.282 e. The molecule has 0 saturated carbocycles. The van der Waals surface area contributed by atoms with Crippen LogP contribution >= 0.6 is 0 Å². The van der Waals surface area contributed by atoms with Crippen molar-refractivity contribution in [1.29, 1.82) is 0 Å². The molecule has 0 saturated heterocycles. The van der Waals surface area contributed by atoms with Crippen LogP contribution in [-0.2, 0) is 10.0 Å². The third kappa shape index (κ3) is 3.73. The van der Waals surface area contributed by atoms with Crippen LogP contribution in [-0.4, -0.2) is 19.6 Å². The Morgan fingerprint density at radius 1 is 1.05 bits per heavy atom. The standard InChI is InChI=1S/C14H12N2O4S/c1-11-2-8-14(9-3-11)21(19,20)15-10-12-4-6-13(7-5-12)16(17)18/h2-10H,1H3/b15-10-. The molecule has 0 aromatic heterocycles. The van der Waals surface area contributed by atoms with E-state index < -0.39 is 14.9 Å². The van der Waals surface area contributed by atoms with E-state index in [4.69, 9.17) is 0 Å². The predicted octanol–water partition coefficient (Wildman–Crippen LogP) is 2.71. The molecule has 0 N–H and O–H groups in total. The number of nitro benzene ring substituents is 1. The average Bonchev–Trinajstić information content (AvgIpc) is 2.46. The summed E-state index contributed by atoms with van der Waals surface area (Å²) in [5.41, 5.74) is 1.36. The highest BCUT2D eigenvalue weighted by Crippen LogP contribution is 2.14. The molecule has 108 valence electrons. The summed E-state index contributed by atoms with van der Waals surface area (Å²) in [7, 11) is -3.77. The van der Waals surface area contributed by atoms with Crippen molar-refractivity contribution < 1.29 is 13.3 Å². The molecule has 0 bridgehead atoms. The van der Waals surface area contributed by atoms with Gasteiger partial charge < -0.3 is 0 Å². The summed E-state index contributed by atoms with van der Waals surface area (Å²) >= 11 is 0. The van der Waals surface area contributed by atoms with Crippen LogP contribution in [0.15, 0.2) is 57.8 Å². The first-order chi connectivity index (χ1) is 9.88. The van der Waals surface area contributed by atoms with Gasteiger partial charge in [-0.3, -0.25) is 10.1 Å². The zero-order chi connectivity index (χ0) is 15.5. The van der Waals surface area contributed by atoms with Gasteiger partial charge in [-0.15, -0.1) is 0 Å². The minimum Gasteiger partial charge on any atom is -0.258 e. The van der Waals surface area contributed by atoms with Gasteiger partial charge in [-0.1, -0.05) is 17.7 Å². The maximum absolute atomic E-state index is 12.0. The monoisotopic (exact) mass is 304 g/mol.